The SMILES string of the molecule is COc1ccc(-c2cnn(C)c2Cc2ccc([N+](=O)[O-])cc2)cc1.O=C(O)O. The highest BCUT2D eigenvalue weighted by Crippen LogP contribution is 2.27. The molecule has 0 unspecified atom stereocenters. The van der Waals surface area contributed by atoms with Gasteiger partial charge in [-0.2, -0.15) is 5.10 Å². The van der Waals surface area contributed by atoms with Crippen LogP contribution < -0.4 is 4.74 Å². The van der Waals surface area contributed by atoms with E-state index in [1.165, 1.54) is 12.1 Å². The maximum Gasteiger partial charge on any atom is 0.503 e. The standard InChI is InChI=1S/C18H17N3O3.CH2O3/c1-20-18(11-13-3-7-15(8-4-13)21(22)23)17(12-19-20)14-5-9-16(24-2)10-6-14;2-1(3)4/h3-10,12H,11H2,1-2H3;(H2,2,3,4). The zero-order chi connectivity index (χ0) is 20.7. The van der Waals surface area contributed by atoms with Crippen molar-refractivity contribution < 1.29 is 24.7 Å². The first-order valence-corrected chi connectivity index (χ1v) is 8.12. The van der Waals surface area contributed by atoms with E-state index in [9.17, 15) is 10.1 Å². The number of non-ortho nitro benzene ring substituents is 1. The summed E-state index contributed by atoms with van der Waals surface area (Å²) in [7, 11) is 3.53. The van der Waals surface area contributed by atoms with Gasteiger partial charge in [-0.05, 0) is 23.3 Å². The maximum atomic E-state index is 10.8. The Morgan fingerprint density at radius 3 is 2.21 bits per heavy atom. The van der Waals surface area contributed by atoms with E-state index in [0.717, 1.165) is 28.1 Å². The van der Waals surface area contributed by atoms with Gasteiger partial charge in [0.05, 0.1) is 23.9 Å². The van der Waals surface area contributed by atoms with Gasteiger partial charge in [0, 0.05) is 31.2 Å². The Morgan fingerprint density at radius 2 is 1.71 bits per heavy atom. The largest absolute Gasteiger partial charge is 0.503 e. The smallest absolute Gasteiger partial charge is 0.497 e. The lowest BCUT2D eigenvalue weighted by atomic mass is 10.0. The Bertz CT molecular complexity index is 945. The van der Waals surface area contributed by atoms with Crippen molar-refractivity contribution in [2.45, 2.75) is 6.42 Å². The van der Waals surface area contributed by atoms with Crippen molar-refractivity contribution in [3.05, 3.63) is 76.1 Å². The molecule has 0 saturated carbocycles. The lowest BCUT2D eigenvalue weighted by molar-refractivity contribution is -0.384. The number of rotatable bonds is 5. The molecule has 0 atom stereocenters. The highest BCUT2D eigenvalue weighted by Gasteiger charge is 2.12. The monoisotopic (exact) mass is 385 g/mol. The van der Waals surface area contributed by atoms with Crippen LogP contribution in [0.4, 0.5) is 10.5 Å². The minimum Gasteiger partial charge on any atom is -0.497 e. The van der Waals surface area contributed by atoms with E-state index < -0.39 is 11.1 Å². The fourth-order valence-electron chi connectivity index (χ4n) is 2.61. The van der Waals surface area contributed by atoms with E-state index in [1.807, 2.05) is 42.2 Å². The predicted molar refractivity (Wildman–Crippen MR) is 102 cm³/mol. The Balaban J connectivity index is 0.000000640. The highest BCUT2D eigenvalue weighted by molar-refractivity contribution is 5.66. The molecule has 1 heterocycles. The molecule has 2 N–H and O–H groups in total. The minimum atomic E-state index is -1.83. The summed E-state index contributed by atoms with van der Waals surface area (Å²) in [5.74, 6) is 0.805. The summed E-state index contributed by atoms with van der Waals surface area (Å²) in [5, 5.41) is 29.1. The van der Waals surface area contributed by atoms with Crippen LogP contribution in [0.3, 0.4) is 0 Å². The molecule has 3 rings (SSSR count). The third-order valence-electron chi connectivity index (χ3n) is 3.98. The molecule has 0 aliphatic heterocycles. The number of carbonyl (C=O) groups is 1. The molecule has 9 heteroatoms. The zero-order valence-corrected chi connectivity index (χ0v) is 15.3. The van der Waals surface area contributed by atoms with Crippen molar-refractivity contribution in [1.29, 1.82) is 0 Å². The highest BCUT2D eigenvalue weighted by atomic mass is 16.6. The van der Waals surface area contributed by atoms with Crippen LogP contribution in [0.15, 0.2) is 54.7 Å². The number of carboxylic acid groups (broad SMARTS) is 2. The van der Waals surface area contributed by atoms with Crippen molar-refractivity contribution in [3.63, 3.8) is 0 Å². The van der Waals surface area contributed by atoms with Gasteiger partial charge in [-0.3, -0.25) is 14.8 Å². The van der Waals surface area contributed by atoms with Crippen LogP contribution in [0.25, 0.3) is 11.1 Å². The average molecular weight is 385 g/mol. The van der Waals surface area contributed by atoms with Gasteiger partial charge in [0.2, 0.25) is 0 Å². The van der Waals surface area contributed by atoms with Gasteiger partial charge >= 0.3 is 6.16 Å². The van der Waals surface area contributed by atoms with E-state index >= 15 is 0 Å². The summed E-state index contributed by atoms with van der Waals surface area (Å²) in [6, 6.07) is 14.4. The molecular formula is C19H19N3O6. The molecule has 0 fully saturated rings. The molecule has 0 aliphatic rings. The van der Waals surface area contributed by atoms with Crippen molar-refractivity contribution >= 4 is 11.8 Å². The summed E-state index contributed by atoms with van der Waals surface area (Å²) >= 11 is 0. The summed E-state index contributed by atoms with van der Waals surface area (Å²) in [4.78, 5) is 18.9. The van der Waals surface area contributed by atoms with E-state index in [1.54, 1.807) is 19.2 Å². The molecule has 3 aromatic rings. The van der Waals surface area contributed by atoms with Gasteiger partial charge in [0.1, 0.15) is 5.75 Å². The fraction of sp³-hybridized carbons (Fsp3) is 0.158. The third kappa shape index (κ3) is 5.31. The zero-order valence-electron chi connectivity index (χ0n) is 15.3. The molecular weight excluding hydrogens is 366 g/mol. The van der Waals surface area contributed by atoms with Crippen molar-refractivity contribution in [1.82, 2.24) is 9.78 Å². The normalized spacial score (nSPS) is 9.93. The lowest BCUT2D eigenvalue weighted by Crippen LogP contribution is -2.01. The second-order valence-corrected chi connectivity index (χ2v) is 5.74. The van der Waals surface area contributed by atoms with Crippen LogP contribution in [0.1, 0.15) is 11.3 Å². The number of nitrogens with zero attached hydrogens (tertiary/aromatic N) is 3. The number of hydrogen-bond acceptors (Lipinski definition) is 5. The molecule has 9 nitrogen and oxygen atoms in total. The van der Waals surface area contributed by atoms with Gasteiger partial charge in [0.15, 0.2) is 0 Å². The number of ether oxygens (including phenoxy) is 1. The lowest BCUT2D eigenvalue weighted by Gasteiger charge is -2.08. The average Bonchev–Trinajstić information content (AvgIpc) is 3.02. The number of nitro groups is 1. The molecule has 0 bridgehead atoms. The van der Waals surface area contributed by atoms with Crippen LogP contribution in [0.2, 0.25) is 0 Å². The summed E-state index contributed by atoms with van der Waals surface area (Å²) in [6.45, 7) is 0. The second kappa shape index (κ2) is 9.17. The van der Waals surface area contributed by atoms with Gasteiger partial charge in [-0.1, -0.05) is 24.3 Å². The Hall–Kier alpha value is -3.88. The molecule has 0 saturated heterocycles. The molecule has 0 spiro atoms. The van der Waals surface area contributed by atoms with Crippen molar-refractivity contribution in [3.8, 4) is 16.9 Å². The molecule has 2 aromatic carbocycles. The second-order valence-electron chi connectivity index (χ2n) is 5.74. The molecule has 146 valence electrons. The number of hydrogen-bond donors (Lipinski definition) is 2. The van der Waals surface area contributed by atoms with Crippen LogP contribution in [0.5, 0.6) is 5.75 Å². The Morgan fingerprint density at radius 1 is 1.14 bits per heavy atom. The first kappa shape index (κ1) is 20.4. The van der Waals surface area contributed by atoms with Crippen LogP contribution in [0, 0.1) is 10.1 Å². The number of benzene rings is 2. The summed E-state index contributed by atoms with van der Waals surface area (Å²) < 4.78 is 7.03. The molecule has 0 amide bonds. The van der Waals surface area contributed by atoms with E-state index in [0.29, 0.717) is 6.42 Å². The van der Waals surface area contributed by atoms with E-state index in [2.05, 4.69) is 5.10 Å². The first-order chi connectivity index (χ1) is 13.3. The number of aromatic nitrogens is 2. The molecule has 1 aromatic heterocycles. The van der Waals surface area contributed by atoms with E-state index in [-0.39, 0.29) is 5.69 Å². The molecule has 0 aliphatic carbocycles. The molecule has 0 radical (unpaired) electrons. The van der Waals surface area contributed by atoms with Gasteiger partial charge in [-0.15, -0.1) is 0 Å². The van der Waals surface area contributed by atoms with Crippen LogP contribution in [-0.2, 0) is 13.5 Å². The quantitative estimate of drug-likeness (QED) is 0.505. The first-order valence-electron chi connectivity index (χ1n) is 8.12. The van der Waals surface area contributed by atoms with Crippen molar-refractivity contribution in [2.24, 2.45) is 7.05 Å². The van der Waals surface area contributed by atoms with Crippen molar-refractivity contribution in [2.75, 3.05) is 7.11 Å². The third-order valence-corrected chi connectivity index (χ3v) is 3.98. The Kier molecular flexibility index (Phi) is 6.69. The summed E-state index contributed by atoms with van der Waals surface area (Å²) in [5.41, 5.74) is 4.24. The van der Waals surface area contributed by atoms with Gasteiger partial charge < -0.3 is 14.9 Å². The maximum absolute atomic E-state index is 10.8. The van der Waals surface area contributed by atoms with Crippen LogP contribution in [-0.4, -0.2) is 38.2 Å². The Labute approximate surface area is 160 Å². The molecule has 28 heavy (non-hydrogen) atoms. The topological polar surface area (TPSA) is 128 Å². The van der Waals surface area contributed by atoms with Gasteiger partial charge in [0.25, 0.3) is 5.69 Å². The van der Waals surface area contributed by atoms with Crippen LogP contribution >= 0.6 is 0 Å². The summed E-state index contributed by atoms with van der Waals surface area (Å²) in [6.07, 6.45) is 0.651. The van der Waals surface area contributed by atoms with E-state index in [4.69, 9.17) is 19.7 Å². The predicted octanol–water partition coefficient (Wildman–Crippen LogP) is 3.82. The fourth-order valence-corrected chi connectivity index (χ4v) is 2.61. The number of nitro benzene ring substituents is 1. The number of methoxy groups -OCH3 is 1. The minimum absolute atomic E-state index is 0.0964. The van der Waals surface area contributed by atoms with Gasteiger partial charge in [-0.25, -0.2) is 4.79 Å². The number of aryl methyl sites for hydroxylation is 1.